The fourth-order valence-corrected chi connectivity index (χ4v) is 2.07. The molecule has 0 fully saturated rings. The van der Waals surface area contributed by atoms with E-state index >= 15 is 0 Å². The van der Waals surface area contributed by atoms with Crippen LogP contribution in [-0.4, -0.2) is 0 Å². The maximum Gasteiger partial charge on any atom is -0.0320 e. The minimum Gasteiger partial charge on any atom is -0.0856 e. The van der Waals surface area contributed by atoms with Gasteiger partial charge in [-0.1, -0.05) is 70.9 Å². The molecular formula is C15H30. The van der Waals surface area contributed by atoms with E-state index in [2.05, 4.69) is 26.8 Å². The molecule has 0 radical (unpaired) electrons. The molecule has 0 aromatic heterocycles. The van der Waals surface area contributed by atoms with E-state index in [1.54, 1.807) is 5.57 Å². The minimum absolute atomic E-state index is 1.21. The second-order valence-electron chi connectivity index (χ2n) is 4.54. The molecule has 0 aromatic carbocycles. The first-order chi connectivity index (χ1) is 7.35. The average molecular weight is 210 g/mol. The fraction of sp³-hybridized carbons (Fsp3) is 0.867. The summed E-state index contributed by atoms with van der Waals surface area (Å²) < 4.78 is 0. The predicted octanol–water partition coefficient (Wildman–Crippen LogP) is 5.87. The zero-order valence-corrected chi connectivity index (χ0v) is 11.1. The number of rotatable bonds is 10. The SMILES string of the molecule is CC/C=C(\CCC)CCCCCCCC. The second-order valence-corrected chi connectivity index (χ2v) is 4.54. The van der Waals surface area contributed by atoms with E-state index < -0.39 is 0 Å². The zero-order chi connectivity index (χ0) is 11.4. The molecule has 0 N–H and O–H groups in total. The van der Waals surface area contributed by atoms with Gasteiger partial charge in [-0.3, -0.25) is 0 Å². The summed E-state index contributed by atoms with van der Waals surface area (Å²) in [5.41, 5.74) is 1.70. The van der Waals surface area contributed by atoms with E-state index in [1.165, 1.54) is 64.2 Å². The van der Waals surface area contributed by atoms with Crippen molar-refractivity contribution in [2.75, 3.05) is 0 Å². The van der Waals surface area contributed by atoms with Gasteiger partial charge in [0, 0.05) is 0 Å². The number of hydrogen-bond acceptors (Lipinski definition) is 0. The van der Waals surface area contributed by atoms with Crippen molar-refractivity contribution < 1.29 is 0 Å². The molecule has 0 amide bonds. The molecule has 0 aliphatic heterocycles. The fourth-order valence-electron chi connectivity index (χ4n) is 2.07. The number of unbranched alkanes of at least 4 members (excludes halogenated alkanes) is 5. The summed E-state index contributed by atoms with van der Waals surface area (Å²) in [7, 11) is 0. The first kappa shape index (κ1) is 14.7. The van der Waals surface area contributed by atoms with Crippen LogP contribution < -0.4 is 0 Å². The second kappa shape index (κ2) is 11.8. The molecule has 0 bridgehead atoms. The quantitative estimate of drug-likeness (QED) is 0.312. The lowest BCUT2D eigenvalue weighted by Gasteiger charge is -2.05. The third-order valence-electron chi connectivity index (χ3n) is 2.92. The Morgan fingerprint density at radius 3 is 2.00 bits per heavy atom. The Bertz CT molecular complexity index is 144. The lowest BCUT2D eigenvalue weighted by Crippen LogP contribution is -1.85. The summed E-state index contributed by atoms with van der Waals surface area (Å²) in [5, 5.41) is 0. The lowest BCUT2D eigenvalue weighted by atomic mass is 10.0. The van der Waals surface area contributed by atoms with Gasteiger partial charge >= 0.3 is 0 Å². The van der Waals surface area contributed by atoms with Gasteiger partial charge < -0.3 is 0 Å². The summed E-state index contributed by atoms with van der Waals surface area (Å²) in [6.45, 7) is 6.81. The van der Waals surface area contributed by atoms with Crippen molar-refractivity contribution in [2.24, 2.45) is 0 Å². The van der Waals surface area contributed by atoms with Crippen LogP contribution in [0.25, 0.3) is 0 Å². The van der Waals surface area contributed by atoms with Crippen LogP contribution in [0.5, 0.6) is 0 Å². The average Bonchev–Trinajstić information content (AvgIpc) is 2.24. The maximum absolute atomic E-state index is 2.44. The van der Waals surface area contributed by atoms with Crippen molar-refractivity contribution in [1.82, 2.24) is 0 Å². The molecule has 0 rings (SSSR count). The Morgan fingerprint density at radius 2 is 1.40 bits per heavy atom. The topological polar surface area (TPSA) is 0 Å². The Labute approximate surface area is 97.2 Å². The summed E-state index contributed by atoms with van der Waals surface area (Å²) >= 11 is 0. The van der Waals surface area contributed by atoms with E-state index in [-0.39, 0.29) is 0 Å². The van der Waals surface area contributed by atoms with Gasteiger partial charge in [0.05, 0.1) is 0 Å². The van der Waals surface area contributed by atoms with Crippen LogP contribution in [-0.2, 0) is 0 Å². The van der Waals surface area contributed by atoms with Gasteiger partial charge in [0.1, 0.15) is 0 Å². The Balaban J connectivity index is 3.41. The third kappa shape index (κ3) is 10.0. The van der Waals surface area contributed by atoms with Gasteiger partial charge in [0.2, 0.25) is 0 Å². The summed E-state index contributed by atoms with van der Waals surface area (Å²) in [4.78, 5) is 0. The van der Waals surface area contributed by atoms with E-state index in [0.717, 1.165) is 0 Å². The third-order valence-corrected chi connectivity index (χ3v) is 2.92. The zero-order valence-electron chi connectivity index (χ0n) is 11.1. The molecule has 0 aromatic rings. The summed E-state index contributed by atoms with van der Waals surface area (Å²) in [6.07, 6.45) is 16.2. The van der Waals surface area contributed by atoms with Crippen molar-refractivity contribution in [3.8, 4) is 0 Å². The van der Waals surface area contributed by atoms with Crippen LogP contribution in [0.1, 0.15) is 85.0 Å². The number of allylic oxidation sites excluding steroid dienone is 2. The molecule has 0 spiro atoms. The van der Waals surface area contributed by atoms with E-state index in [4.69, 9.17) is 0 Å². The standard InChI is InChI=1S/C15H30/c1-4-7-8-9-10-11-14-15(12-5-2)13-6-3/h12H,4-11,13-14H2,1-3H3/b15-12+. The molecule has 0 heteroatoms. The largest absolute Gasteiger partial charge is 0.0856 e. The first-order valence-electron chi connectivity index (χ1n) is 7.03. The van der Waals surface area contributed by atoms with E-state index in [9.17, 15) is 0 Å². The van der Waals surface area contributed by atoms with Crippen LogP contribution in [0, 0.1) is 0 Å². The highest BCUT2D eigenvalue weighted by Gasteiger charge is 1.96. The molecule has 0 heterocycles. The van der Waals surface area contributed by atoms with Gasteiger partial charge in [0.15, 0.2) is 0 Å². The molecule has 0 aliphatic rings. The van der Waals surface area contributed by atoms with Crippen molar-refractivity contribution >= 4 is 0 Å². The minimum atomic E-state index is 1.21. The van der Waals surface area contributed by atoms with Gasteiger partial charge in [-0.05, 0) is 25.7 Å². The molecule has 0 saturated heterocycles. The molecule has 0 unspecified atom stereocenters. The first-order valence-corrected chi connectivity index (χ1v) is 7.03. The molecule has 0 aliphatic carbocycles. The Morgan fingerprint density at radius 1 is 0.733 bits per heavy atom. The van der Waals surface area contributed by atoms with Gasteiger partial charge in [0.25, 0.3) is 0 Å². The molecular weight excluding hydrogens is 180 g/mol. The van der Waals surface area contributed by atoms with E-state index in [0.29, 0.717) is 0 Å². The molecule has 0 saturated carbocycles. The van der Waals surface area contributed by atoms with Gasteiger partial charge in [-0.25, -0.2) is 0 Å². The Hall–Kier alpha value is -0.260. The van der Waals surface area contributed by atoms with Crippen molar-refractivity contribution in [1.29, 1.82) is 0 Å². The monoisotopic (exact) mass is 210 g/mol. The smallest absolute Gasteiger partial charge is 0.0320 e. The van der Waals surface area contributed by atoms with E-state index in [1.807, 2.05) is 0 Å². The Kier molecular flexibility index (Phi) is 11.6. The van der Waals surface area contributed by atoms with Crippen molar-refractivity contribution in [2.45, 2.75) is 85.0 Å². The molecule has 90 valence electrons. The van der Waals surface area contributed by atoms with Crippen molar-refractivity contribution in [3.05, 3.63) is 11.6 Å². The normalized spacial score (nSPS) is 12.1. The van der Waals surface area contributed by atoms with Crippen LogP contribution >= 0.6 is 0 Å². The van der Waals surface area contributed by atoms with Crippen LogP contribution in [0.3, 0.4) is 0 Å². The van der Waals surface area contributed by atoms with Crippen LogP contribution in [0.4, 0.5) is 0 Å². The molecule has 0 atom stereocenters. The predicted molar refractivity (Wildman–Crippen MR) is 71.3 cm³/mol. The lowest BCUT2D eigenvalue weighted by molar-refractivity contribution is 0.600. The number of hydrogen-bond donors (Lipinski definition) is 0. The summed E-state index contributed by atoms with van der Waals surface area (Å²) in [5.74, 6) is 0. The van der Waals surface area contributed by atoms with Gasteiger partial charge in [-0.2, -0.15) is 0 Å². The molecule has 15 heavy (non-hydrogen) atoms. The van der Waals surface area contributed by atoms with Crippen LogP contribution in [0.15, 0.2) is 11.6 Å². The van der Waals surface area contributed by atoms with Crippen molar-refractivity contribution in [3.63, 3.8) is 0 Å². The van der Waals surface area contributed by atoms with Gasteiger partial charge in [-0.15, -0.1) is 0 Å². The highest BCUT2D eigenvalue weighted by atomic mass is 14.0. The highest BCUT2D eigenvalue weighted by molar-refractivity contribution is 5.01. The van der Waals surface area contributed by atoms with Crippen LogP contribution in [0.2, 0.25) is 0 Å². The summed E-state index contributed by atoms with van der Waals surface area (Å²) in [6, 6.07) is 0. The highest BCUT2D eigenvalue weighted by Crippen LogP contribution is 2.16. The molecule has 0 nitrogen and oxygen atoms in total. The maximum atomic E-state index is 2.44.